The first-order chi connectivity index (χ1) is 20.3. The fourth-order valence-corrected chi connectivity index (χ4v) is 8.12. The number of ether oxygens (including phenoxy) is 2. The van der Waals surface area contributed by atoms with Crippen molar-refractivity contribution in [2.45, 2.75) is 130 Å². The van der Waals surface area contributed by atoms with Crippen molar-refractivity contribution in [2.75, 3.05) is 0 Å². The van der Waals surface area contributed by atoms with Crippen LogP contribution < -0.4 is 10.8 Å². The summed E-state index contributed by atoms with van der Waals surface area (Å²) in [6.07, 6.45) is 6.23. The van der Waals surface area contributed by atoms with Crippen LogP contribution in [0.5, 0.6) is 0 Å². The maximum absolute atomic E-state index is 13.1. The highest BCUT2D eigenvalue weighted by Gasteiger charge is 2.56. The van der Waals surface area contributed by atoms with Gasteiger partial charge in [0.2, 0.25) is 0 Å². The third-order valence-electron chi connectivity index (χ3n) is 9.44. The van der Waals surface area contributed by atoms with Crippen LogP contribution in [0.15, 0.2) is 24.3 Å². The quantitative estimate of drug-likeness (QED) is 0.191. The number of carbonyl (C=O) groups is 4. The maximum atomic E-state index is 13.1. The van der Waals surface area contributed by atoms with Crippen molar-refractivity contribution in [1.82, 2.24) is 10.8 Å². The maximum Gasteiger partial charge on any atom is 0.431 e. The molecule has 9 heteroatoms. The SMILES string of the molecule is CC1CC2(C)CC3CC(NC(=O)ONC(=O)CCC(Cc4ccc(C(=O)OC(C)(C)C)cc4)C(=O)OC(C)(C)C)(CCC13)C2. The summed E-state index contributed by atoms with van der Waals surface area (Å²) in [7, 11) is 0. The molecule has 0 aliphatic heterocycles. The van der Waals surface area contributed by atoms with Crippen LogP contribution in [-0.4, -0.2) is 40.7 Å². The predicted molar refractivity (Wildman–Crippen MR) is 166 cm³/mol. The van der Waals surface area contributed by atoms with Crippen LogP contribution in [0.25, 0.3) is 0 Å². The minimum atomic E-state index is -0.690. The second kappa shape index (κ2) is 12.7. The van der Waals surface area contributed by atoms with E-state index < -0.39 is 41.1 Å². The Hall–Kier alpha value is -3.10. The number of hydroxylamine groups is 1. The molecule has 0 spiro atoms. The molecular formula is C35H52N2O7. The molecule has 6 unspecified atom stereocenters. The minimum absolute atomic E-state index is 0.0297. The molecule has 6 atom stereocenters. The third kappa shape index (κ3) is 8.98. The van der Waals surface area contributed by atoms with Gasteiger partial charge in [-0.15, -0.1) is 0 Å². The summed E-state index contributed by atoms with van der Waals surface area (Å²) in [4.78, 5) is 56.2. The Kier molecular flexibility index (Phi) is 9.77. The fourth-order valence-electron chi connectivity index (χ4n) is 8.12. The number of carbonyl (C=O) groups excluding carboxylic acids is 4. The second-order valence-electron chi connectivity index (χ2n) is 16.0. The van der Waals surface area contributed by atoms with E-state index in [0.717, 1.165) is 43.1 Å². The van der Waals surface area contributed by atoms with Crippen molar-refractivity contribution in [3.63, 3.8) is 0 Å². The van der Waals surface area contributed by atoms with Crippen molar-refractivity contribution in [2.24, 2.45) is 29.1 Å². The third-order valence-corrected chi connectivity index (χ3v) is 9.44. The van der Waals surface area contributed by atoms with E-state index in [9.17, 15) is 19.2 Å². The second-order valence-corrected chi connectivity index (χ2v) is 16.0. The van der Waals surface area contributed by atoms with Gasteiger partial charge in [-0.1, -0.05) is 26.0 Å². The average molecular weight is 613 g/mol. The van der Waals surface area contributed by atoms with Gasteiger partial charge in [0.25, 0.3) is 5.91 Å². The van der Waals surface area contributed by atoms with E-state index in [1.54, 1.807) is 45.0 Å². The standard InChI is InChI=1S/C35H52N2O7/c1-22-18-34(8)19-26-20-35(21-34,16-15-27(22)26)36-31(41)44-37-28(38)14-13-25(30(40)43-33(5,6)7)17-23-9-11-24(12-10-23)29(39)42-32(2,3)4/h9-12,22,25-27H,13-21H2,1-8H3,(H,36,41)(H,37,38). The zero-order valence-corrected chi connectivity index (χ0v) is 27.8. The van der Waals surface area contributed by atoms with Gasteiger partial charge in [-0.3, -0.25) is 9.59 Å². The lowest BCUT2D eigenvalue weighted by atomic mass is 9.47. The topological polar surface area (TPSA) is 120 Å². The van der Waals surface area contributed by atoms with E-state index in [4.69, 9.17) is 14.3 Å². The van der Waals surface area contributed by atoms with Crippen LogP contribution in [-0.2, 0) is 30.3 Å². The van der Waals surface area contributed by atoms with Gasteiger partial charge >= 0.3 is 18.0 Å². The normalized spacial score (nSPS) is 28.4. The van der Waals surface area contributed by atoms with Gasteiger partial charge in [-0.2, -0.15) is 5.48 Å². The fraction of sp³-hybridized carbons (Fsp3) is 0.714. The van der Waals surface area contributed by atoms with Crippen LogP contribution in [0.1, 0.15) is 123 Å². The van der Waals surface area contributed by atoms with Gasteiger partial charge in [0, 0.05) is 12.0 Å². The van der Waals surface area contributed by atoms with Crippen LogP contribution in [0.3, 0.4) is 0 Å². The summed E-state index contributed by atoms with van der Waals surface area (Å²) in [5.74, 6) is 0.145. The lowest BCUT2D eigenvalue weighted by Crippen LogP contribution is -2.62. The van der Waals surface area contributed by atoms with Gasteiger partial charge in [0.1, 0.15) is 11.2 Å². The zero-order valence-electron chi connectivity index (χ0n) is 27.8. The summed E-state index contributed by atoms with van der Waals surface area (Å²) >= 11 is 0. The molecule has 3 aliphatic rings. The van der Waals surface area contributed by atoms with E-state index >= 15 is 0 Å². The number of rotatable bonds is 8. The van der Waals surface area contributed by atoms with Gasteiger partial charge in [0.15, 0.2) is 0 Å². The molecule has 3 bridgehead atoms. The van der Waals surface area contributed by atoms with E-state index in [-0.39, 0.29) is 23.8 Å². The Morgan fingerprint density at radius 3 is 2.25 bits per heavy atom. The molecule has 0 radical (unpaired) electrons. The molecule has 2 N–H and O–H groups in total. The first-order valence-corrected chi connectivity index (χ1v) is 16.2. The van der Waals surface area contributed by atoms with Crippen LogP contribution in [0.4, 0.5) is 4.79 Å². The van der Waals surface area contributed by atoms with Crippen molar-refractivity contribution in [1.29, 1.82) is 0 Å². The number of benzene rings is 1. The Balaban J connectivity index is 1.30. The lowest BCUT2D eigenvalue weighted by molar-refractivity contribution is -0.160. The summed E-state index contributed by atoms with van der Waals surface area (Å²) in [5.41, 5.74) is 2.17. The van der Waals surface area contributed by atoms with Crippen LogP contribution in [0, 0.1) is 29.1 Å². The van der Waals surface area contributed by atoms with Gasteiger partial charge in [0.05, 0.1) is 11.5 Å². The van der Waals surface area contributed by atoms with Crippen LogP contribution in [0.2, 0.25) is 0 Å². The monoisotopic (exact) mass is 612 g/mol. The number of hydrogen-bond acceptors (Lipinski definition) is 7. The number of nitrogens with one attached hydrogen (secondary N) is 2. The highest BCUT2D eigenvalue weighted by molar-refractivity contribution is 5.89. The Morgan fingerprint density at radius 1 is 0.955 bits per heavy atom. The average Bonchev–Trinajstić information content (AvgIpc) is 2.86. The molecule has 1 aromatic rings. The Bertz CT molecular complexity index is 1230. The number of fused-ring (bicyclic) bond motifs is 2. The summed E-state index contributed by atoms with van der Waals surface area (Å²) in [6.45, 7) is 15.5. The summed E-state index contributed by atoms with van der Waals surface area (Å²) in [6, 6.07) is 6.89. The molecule has 0 saturated heterocycles. The predicted octanol–water partition coefficient (Wildman–Crippen LogP) is 6.67. The lowest BCUT2D eigenvalue weighted by Gasteiger charge is -2.60. The molecule has 3 saturated carbocycles. The molecule has 3 fully saturated rings. The Labute approximate surface area is 262 Å². The van der Waals surface area contributed by atoms with Gasteiger partial charge in [-0.25, -0.2) is 9.59 Å². The molecule has 9 nitrogen and oxygen atoms in total. The summed E-state index contributed by atoms with van der Waals surface area (Å²) in [5, 5.41) is 3.13. The first-order valence-electron chi connectivity index (χ1n) is 16.2. The van der Waals surface area contributed by atoms with Crippen LogP contribution >= 0.6 is 0 Å². The Morgan fingerprint density at radius 2 is 1.61 bits per heavy atom. The molecule has 4 rings (SSSR count). The van der Waals surface area contributed by atoms with E-state index in [1.165, 1.54) is 12.8 Å². The number of amides is 2. The van der Waals surface area contributed by atoms with E-state index in [2.05, 4.69) is 24.6 Å². The molecule has 0 aromatic heterocycles. The van der Waals surface area contributed by atoms with E-state index in [0.29, 0.717) is 17.9 Å². The first kappa shape index (κ1) is 33.8. The van der Waals surface area contributed by atoms with Crippen molar-refractivity contribution in [3.05, 3.63) is 35.4 Å². The number of esters is 2. The molecule has 0 heterocycles. The highest BCUT2D eigenvalue weighted by atomic mass is 16.7. The highest BCUT2D eigenvalue weighted by Crippen LogP contribution is 2.61. The molecule has 44 heavy (non-hydrogen) atoms. The summed E-state index contributed by atoms with van der Waals surface area (Å²) < 4.78 is 11.1. The van der Waals surface area contributed by atoms with Gasteiger partial charge < -0.3 is 19.6 Å². The molecule has 244 valence electrons. The van der Waals surface area contributed by atoms with Crippen molar-refractivity contribution in [3.8, 4) is 0 Å². The number of hydrogen-bond donors (Lipinski definition) is 2. The van der Waals surface area contributed by atoms with E-state index in [1.807, 2.05) is 20.8 Å². The van der Waals surface area contributed by atoms with Crippen molar-refractivity contribution >= 4 is 23.9 Å². The molecule has 2 amide bonds. The van der Waals surface area contributed by atoms with Gasteiger partial charge in [-0.05, 0) is 134 Å². The molecule has 1 aromatic carbocycles. The minimum Gasteiger partial charge on any atom is -0.460 e. The molecule has 3 aliphatic carbocycles. The largest absolute Gasteiger partial charge is 0.460 e. The van der Waals surface area contributed by atoms with Crippen molar-refractivity contribution < 1.29 is 33.5 Å². The molecular weight excluding hydrogens is 560 g/mol. The smallest absolute Gasteiger partial charge is 0.431 e. The zero-order chi connectivity index (χ0) is 32.5.